The molecule has 0 radical (unpaired) electrons. The summed E-state index contributed by atoms with van der Waals surface area (Å²) in [6, 6.07) is 2.00. The lowest BCUT2D eigenvalue weighted by atomic mass is 9.96. The van der Waals surface area contributed by atoms with E-state index in [4.69, 9.17) is 0 Å². The molecular formula is C11H11IOS. The zero-order valence-corrected chi connectivity index (χ0v) is 10.7. The van der Waals surface area contributed by atoms with Crippen molar-refractivity contribution in [3.05, 3.63) is 31.5 Å². The second kappa shape index (κ2) is 4.57. The Labute approximate surface area is 101 Å². The monoisotopic (exact) mass is 318 g/mol. The number of halogens is 1. The van der Waals surface area contributed by atoms with Crippen LogP contribution in [0.1, 0.15) is 35.4 Å². The van der Waals surface area contributed by atoms with Crippen molar-refractivity contribution >= 4 is 39.7 Å². The minimum atomic E-state index is 0.254. The van der Waals surface area contributed by atoms with Gasteiger partial charge in [0.15, 0.2) is 5.78 Å². The number of carbonyl (C=O) groups is 1. The molecule has 1 aromatic heterocycles. The largest absolute Gasteiger partial charge is 0.288 e. The lowest BCUT2D eigenvalue weighted by Crippen LogP contribution is -2.05. The normalized spacial score (nSPS) is 16.5. The van der Waals surface area contributed by atoms with E-state index in [1.54, 1.807) is 11.3 Å². The first-order valence-corrected chi connectivity index (χ1v) is 6.71. The van der Waals surface area contributed by atoms with Crippen LogP contribution in [0.25, 0.3) is 0 Å². The summed E-state index contributed by atoms with van der Waals surface area (Å²) in [6.07, 6.45) is 6.55. The first-order valence-electron chi connectivity index (χ1n) is 4.76. The molecule has 3 heteroatoms. The fraction of sp³-hybridized carbons (Fsp3) is 0.364. The highest BCUT2D eigenvalue weighted by Crippen LogP contribution is 2.26. The van der Waals surface area contributed by atoms with E-state index in [0.29, 0.717) is 0 Å². The molecule has 74 valence electrons. The second-order valence-electron chi connectivity index (χ2n) is 3.40. The highest BCUT2D eigenvalue weighted by atomic mass is 127. The number of hydrogen-bond donors (Lipinski definition) is 0. The molecule has 0 spiro atoms. The number of ketones is 1. The Hall–Kier alpha value is -0.160. The van der Waals surface area contributed by atoms with Crippen LogP contribution in [-0.2, 0) is 0 Å². The Balaban J connectivity index is 2.23. The van der Waals surface area contributed by atoms with Gasteiger partial charge in [-0.25, -0.2) is 0 Å². The van der Waals surface area contributed by atoms with Crippen LogP contribution < -0.4 is 0 Å². The van der Waals surface area contributed by atoms with Crippen LogP contribution in [0, 0.1) is 3.57 Å². The molecular weight excluding hydrogens is 307 g/mol. The number of carbonyl (C=O) groups excluding carboxylic acids is 1. The van der Waals surface area contributed by atoms with Gasteiger partial charge in [-0.1, -0.05) is 6.08 Å². The van der Waals surface area contributed by atoms with Crippen molar-refractivity contribution in [2.45, 2.75) is 25.7 Å². The van der Waals surface area contributed by atoms with Gasteiger partial charge in [-0.2, -0.15) is 0 Å². The lowest BCUT2D eigenvalue weighted by Gasteiger charge is -2.10. The Morgan fingerprint density at radius 1 is 1.43 bits per heavy atom. The minimum Gasteiger partial charge on any atom is -0.288 e. The van der Waals surface area contributed by atoms with E-state index in [2.05, 4.69) is 28.7 Å². The third-order valence-corrected chi connectivity index (χ3v) is 4.58. The predicted molar refractivity (Wildman–Crippen MR) is 67.9 cm³/mol. The molecule has 0 atom stereocenters. The van der Waals surface area contributed by atoms with Gasteiger partial charge in [0.1, 0.15) is 0 Å². The number of Topliss-reactive ketones (excluding diaryl/α,β-unsaturated/α-hetero) is 1. The molecule has 0 aliphatic heterocycles. The van der Waals surface area contributed by atoms with Crippen molar-refractivity contribution in [2.75, 3.05) is 0 Å². The molecule has 0 saturated carbocycles. The van der Waals surface area contributed by atoms with Crippen molar-refractivity contribution in [1.82, 2.24) is 0 Å². The van der Waals surface area contributed by atoms with Gasteiger partial charge in [0, 0.05) is 3.57 Å². The van der Waals surface area contributed by atoms with E-state index < -0.39 is 0 Å². The Kier molecular flexibility index (Phi) is 3.38. The molecule has 0 aromatic carbocycles. The van der Waals surface area contributed by atoms with Gasteiger partial charge in [0.25, 0.3) is 0 Å². The quantitative estimate of drug-likeness (QED) is 0.594. The average Bonchev–Trinajstić information content (AvgIpc) is 2.65. The highest BCUT2D eigenvalue weighted by molar-refractivity contribution is 14.1. The summed E-state index contributed by atoms with van der Waals surface area (Å²) in [6.45, 7) is 0. The maximum atomic E-state index is 12.0. The molecule has 2 rings (SSSR count). The molecule has 0 saturated heterocycles. The predicted octanol–water partition coefficient (Wildman–Crippen LogP) is 4.04. The average molecular weight is 318 g/mol. The summed E-state index contributed by atoms with van der Waals surface area (Å²) in [5, 5.41) is 1.98. The molecule has 0 N–H and O–H groups in total. The molecule has 0 amide bonds. The molecule has 1 heterocycles. The first-order chi connectivity index (χ1) is 6.79. The summed E-state index contributed by atoms with van der Waals surface area (Å²) < 4.78 is 1.09. The number of hydrogen-bond acceptors (Lipinski definition) is 2. The highest BCUT2D eigenvalue weighted by Gasteiger charge is 2.17. The topological polar surface area (TPSA) is 17.1 Å². The fourth-order valence-electron chi connectivity index (χ4n) is 1.65. The minimum absolute atomic E-state index is 0.254. The molecule has 1 aliphatic rings. The van der Waals surface area contributed by atoms with Crippen LogP contribution in [0.5, 0.6) is 0 Å². The van der Waals surface area contributed by atoms with Crippen LogP contribution in [-0.4, -0.2) is 5.78 Å². The first kappa shape index (κ1) is 10.4. The van der Waals surface area contributed by atoms with Crippen LogP contribution in [0.3, 0.4) is 0 Å². The van der Waals surface area contributed by atoms with Gasteiger partial charge in [0.05, 0.1) is 4.88 Å². The molecule has 1 nitrogen and oxygen atoms in total. The van der Waals surface area contributed by atoms with Crippen LogP contribution >= 0.6 is 33.9 Å². The van der Waals surface area contributed by atoms with Gasteiger partial charge in [-0.05, 0) is 65.3 Å². The van der Waals surface area contributed by atoms with Crippen LogP contribution in [0.2, 0.25) is 0 Å². The summed E-state index contributed by atoms with van der Waals surface area (Å²) >= 11 is 3.78. The van der Waals surface area contributed by atoms with E-state index >= 15 is 0 Å². The van der Waals surface area contributed by atoms with E-state index in [0.717, 1.165) is 26.9 Å². The lowest BCUT2D eigenvalue weighted by molar-refractivity contribution is 0.103. The van der Waals surface area contributed by atoms with Crippen molar-refractivity contribution in [3.8, 4) is 0 Å². The van der Waals surface area contributed by atoms with E-state index in [1.807, 2.05) is 11.4 Å². The summed E-state index contributed by atoms with van der Waals surface area (Å²) in [4.78, 5) is 12.9. The third kappa shape index (κ3) is 2.08. The fourth-order valence-corrected chi connectivity index (χ4v) is 3.46. The molecule has 1 aromatic rings. The van der Waals surface area contributed by atoms with Gasteiger partial charge in [-0.15, -0.1) is 11.3 Å². The maximum Gasteiger partial charge on any atom is 0.199 e. The smallest absolute Gasteiger partial charge is 0.199 e. The van der Waals surface area contributed by atoms with Crippen molar-refractivity contribution < 1.29 is 4.79 Å². The summed E-state index contributed by atoms with van der Waals surface area (Å²) in [5.41, 5.74) is 1.02. The third-order valence-electron chi connectivity index (χ3n) is 2.41. The standard InChI is InChI=1S/C11H11IOS/c12-9-6-7-14-11(9)10(13)8-4-2-1-3-5-8/h4,6-7H,1-3,5H2. The molecule has 0 unspecified atom stereocenters. The van der Waals surface area contributed by atoms with Crippen molar-refractivity contribution in [3.63, 3.8) is 0 Å². The second-order valence-corrected chi connectivity index (χ2v) is 5.48. The Morgan fingerprint density at radius 2 is 2.29 bits per heavy atom. The number of rotatable bonds is 2. The van der Waals surface area contributed by atoms with Gasteiger partial charge >= 0.3 is 0 Å². The maximum absolute atomic E-state index is 12.0. The van der Waals surface area contributed by atoms with E-state index in [9.17, 15) is 4.79 Å². The SMILES string of the molecule is O=C(C1=CCCCC1)c1sccc1I. The zero-order valence-electron chi connectivity index (χ0n) is 7.75. The van der Waals surface area contributed by atoms with Crippen LogP contribution in [0.15, 0.2) is 23.1 Å². The number of thiophene rings is 1. The van der Waals surface area contributed by atoms with Crippen molar-refractivity contribution in [2.24, 2.45) is 0 Å². The van der Waals surface area contributed by atoms with Crippen molar-refractivity contribution in [1.29, 1.82) is 0 Å². The summed E-state index contributed by atoms with van der Waals surface area (Å²) in [7, 11) is 0. The molecule has 0 fully saturated rings. The van der Waals surface area contributed by atoms with Crippen LogP contribution in [0.4, 0.5) is 0 Å². The van der Waals surface area contributed by atoms with E-state index in [1.165, 1.54) is 12.8 Å². The summed E-state index contributed by atoms with van der Waals surface area (Å²) in [5.74, 6) is 0.254. The Bertz CT molecular complexity index is 378. The van der Waals surface area contributed by atoms with Gasteiger partial charge in [-0.3, -0.25) is 4.79 Å². The zero-order chi connectivity index (χ0) is 9.97. The van der Waals surface area contributed by atoms with Gasteiger partial charge in [0.2, 0.25) is 0 Å². The van der Waals surface area contributed by atoms with E-state index in [-0.39, 0.29) is 5.78 Å². The van der Waals surface area contributed by atoms with Gasteiger partial charge < -0.3 is 0 Å². The number of allylic oxidation sites excluding steroid dienone is 2. The molecule has 0 bridgehead atoms. The molecule has 14 heavy (non-hydrogen) atoms. The molecule has 1 aliphatic carbocycles. The Morgan fingerprint density at radius 3 is 2.86 bits per heavy atom.